The van der Waals surface area contributed by atoms with Gasteiger partial charge in [0, 0.05) is 18.1 Å². The summed E-state index contributed by atoms with van der Waals surface area (Å²) in [4.78, 5) is 31.1. The molecule has 22 heavy (non-hydrogen) atoms. The number of carbonyl (C=O) groups is 2. The summed E-state index contributed by atoms with van der Waals surface area (Å²) in [6.07, 6.45) is 7.43. The summed E-state index contributed by atoms with van der Waals surface area (Å²) in [6, 6.07) is 5.88. The molecule has 0 saturated heterocycles. The third-order valence-electron chi connectivity index (χ3n) is 3.49. The first-order valence-electron chi connectivity index (χ1n) is 7.07. The van der Waals surface area contributed by atoms with Crippen LogP contribution in [-0.2, 0) is 22.4 Å². The molecule has 0 radical (unpaired) electrons. The average Bonchev–Trinajstić information content (AvgIpc) is 3.01. The number of benzene rings is 1. The SMILES string of the molecule is O=C(COC(=O)c1cnccn1)Nc1ccc2c(c1)CCC2. The van der Waals surface area contributed by atoms with Crippen molar-refractivity contribution in [3.8, 4) is 0 Å². The summed E-state index contributed by atoms with van der Waals surface area (Å²) in [5.41, 5.74) is 3.41. The third-order valence-corrected chi connectivity index (χ3v) is 3.49. The lowest BCUT2D eigenvalue weighted by Gasteiger charge is -2.08. The van der Waals surface area contributed by atoms with E-state index in [4.69, 9.17) is 4.74 Å². The van der Waals surface area contributed by atoms with Crippen molar-refractivity contribution >= 4 is 17.6 Å². The molecule has 1 aliphatic carbocycles. The monoisotopic (exact) mass is 297 g/mol. The van der Waals surface area contributed by atoms with Gasteiger partial charge in [0.05, 0.1) is 6.20 Å². The van der Waals surface area contributed by atoms with E-state index < -0.39 is 5.97 Å². The van der Waals surface area contributed by atoms with E-state index in [1.807, 2.05) is 18.2 Å². The lowest BCUT2D eigenvalue weighted by atomic mass is 10.1. The van der Waals surface area contributed by atoms with Crippen LogP contribution in [0.2, 0.25) is 0 Å². The number of aromatic nitrogens is 2. The van der Waals surface area contributed by atoms with Crippen LogP contribution in [0.1, 0.15) is 28.0 Å². The Balaban J connectivity index is 1.53. The number of esters is 1. The standard InChI is InChI=1S/C16H15N3O3/c20-15(10-22-16(21)14-9-17-6-7-18-14)19-13-5-4-11-2-1-3-12(11)8-13/h4-9H,1-3,10H2,(H,19,20). The molecule has 0 atom stereocenters. The summed E-state index contributed by atoms with van der Waals surface area (Å²) in [6.45, 7) is -0.355. The number of hydrogen-bond donors (Lipinski definition) is 1. The lowest BCUT2D eigenvalue weighted by Crippen LogP contribution is -2.21. The molecule has 0 aliphatic heterocycles. The second kappa shape index (κ2) is 6.34. The van der Waals surface area contributed by atoms with Crippen molar-refractivity contribution in [2.24, 2.45) is 0 Å². The molecular formula is C16H15N3O3. The van der Waals surface area contributed by atoms with Gasteiger partial charge in [-0.1, -0.05) is 6.07 Å². The van der Waals surface area contributed by atoms with Crippen molar-refractivity contribution in [2.75, 3.05) is 11.9 Å². The smallest absolute Gasteiger partial charge is 0.359 e. The maximum atomic E-state index is 11.8. The van der Waals surface area contributed by atoms with Crippen molar-refractivity contribution in [1.29, 1.82) is 0 Å². The Morgan fingerprint density at radius 2 is 2.05 bits per heavy atom. The Hall–Kier alpha value is -2.76. The molecule has 6 nitrogen and oxygen atoms in total. The number of ether oxygens (including phenoxy) is 1. The van der Waals surface area contributed by atoms with Gasteiger partial charge in [-0.3, -0.25) is 9.78 Å². The van der Waals surface area contributed by atoms with Crippen LogP contribution in [0.5, 0.6) is 0 Å². The first-order valence-corrected chi connectivity index (χ1v) is 7.07. The van der Waals surface area contributed by atoms with Gasteiger partial charge >= 0.3 is 5.97 Å². The zero-order valence-electron chi connectivity index (χ0n) is 11.9. The van der Waals surface area contributed by atoms with Crippen LogP contribution in [0.25, 0.3) is 0 Å². The minimum Gasteiger partial charge on any atom is -0.451 e. The summed E-state index contributed by atoms with van der Waals surface area (Å²) in [7, 11) is 0. The lowest BCUT2D eigenvalue weighted by molar-refractivity contribution is -0.119. The predicted octanol–water partition coefficient (Wildman–Crippen LogP) is 1.76. The van der Waals surface area contributed by atoms with Gasteiger partial charge in [-0.05, 0) is 42.5 Å². The van der Waals surface area contributed by atoms with Gasteiger partial charge in [-0.15, -0.1) is 0 Å². The number of anilines is 1. The molecule has 1 N–H and O–H groups in total. The third kappa shape index (κ3) is 3.28. The molecule has 1 aromatic heterocycles. The average molecular weight is 297 g/mol. The van der Waals surface area contributed by atoms with Crippen molar-refractivity contribution in [3.05, 3.63) is 53.6 Å². The number of amides is 1. The molecule has 0 saturated carbocycles. The number of fused-ring (bicyclic) bond motifs is 1. The minimum atomic E-state index is -0.669. The normalized spacial score (nSPS) is 12.5. The maximum absolute atomic E-state index is 11.8. The van der Waals surface area contributed by atoms with E-state index >= 15 is 0 Å². The fraction of sp³-hybridized carbons (Fsp3) is 0.250. The Morgan fingerprint density at radius 3 is 2.86 bits per heavy atom. The van der Waals surface area contributed by atoms with Gasteiger partial charge in [0.25, 0.3) is 5.91 Å². The number of carbonyl (C=O) groups excluding carboxylic acids is 2. The highest BCUT2D eigenvalue weighted by Crippen LogP contribution is 2.24. The van der Waals surface area contributed by atoms with Crippen LogP contribution in [0, 0.1) is 0 Å². The molecular weight excluding hydrogens is 282 g/mol. The van der Waals surface area contributed by atoms with Crippen molar-refractivity contribution in [2.45, 2.75) is 19.3 Å². The fourth-order valence-electron chi connectivity index (χ4n) is 2.46. The quantitative estimate of drug-likeness (QED) is 0.870. The molecule has 1 aromatic carbocycles. The zero-order valence-corrected chi connectivity index (χ0v) is 11.9. The fourth-order valence-corrected chi connectivity index (χ4v) is 2.46. The van der Waals surface area contributed by atoms with Crippen LogP contribution >= 0.6 is 0 Å². The van der Waals surface area contributed by atoms with Crippen LogP contribution in [-0.4, -0.2) is 28.5 Å². The first-order chi connectivity index (χ1) is 10.7. The Labute approximate surface area is 127 Å². The number of aryl methyl sites for hydroxylation is 2. The Kier molecular flexibility index (Phi) is 4.09. The molecule has 1 heterocycles. The van der Waals surface area contributed by atoms with E-state index in [9.17, 15) is 9.59 Å². The van der Waals surface area contributed by atoms with E-state index in [2.05, 4.69) is 15.3 Å². The van der Waals surface area contributed by atoms with Gasteiger partial charge in [-0.2, -0.15) is 0 Å². The first kappa shape index (κ1) is 14.2. The predicted molar refractivity (Wildman–Crippen MR) is 79.4 cm³/mol. The molecule has 0 fully saturated rings. The summed E-state index contributed by atoms with van der Waals surface area (Å²) in [5.74, 6) is -1.05. The summed E-state index contributed by atoms with van der Waals surface area (Å²) < 4.78 is 4.90. The highest BCUT2D eigenvalue weighted by atomic mass is 16.5. The summed E-state index contributed by atoms with van der Waals surface area (Å²) in [5, 5.41) is 2.73. The molecule has 6 heteroatoms. The number of nitrogens with zero attached hydrogens (tertiary/aromatic N) is 2. The topological polar surface area (TPSA) is 81.2 Å². The molecule has 3 rings (SSSR count). The van der Waals surface area contributed by atoms with Crippen molar-refractivity contribution in [1.82, 2.24) is 9.97 Å². The highest BCUT2D eigenvalue weighted by Gasteiger charge is 2.14. The van der Waals surface area contributed by atoms with Gasteiger partial charge in [0.1, 0.15) is 0 Å². The Bertz CT molecular complexity index is 701. The van der Waals surface area contributed by atoms with Gasteiger partial charge < -0.3 is 10.1 Å². The van der Waals surface area contributed by atoms with Crippen LogP contribution in [0.4, 0.5) is 5.69 Å². The molecule has 1 amide bonds. The van der Waals surface area contributed by atoms with E-state index in [-0.39, 0.29) is 18.2 Å². The van der Waals surface area contributed by atoms with Gasteiger partial charge in [-0.25, -0.2) is 9.78 Å². The van der Waals surface area contributed by atoms with E-state index in [1.165, 1.54) is 29.7 Å². The minimum absolute atomic E-state index is 0.0767. The molecule has 2 aromatic rings. The Morgan fingerprint density at radius 1 is 1.18 bits per heavy atom. The second-order valence-corrected chi connectivity index (χ2v) is 5.05. The van der Waals surface area contributed by atoms with Crippen LogP contribution < -0.4 is 5.32 Å². The van der Waals surface area contributed by atoms with Gasteiger partial charge in [0.15, 0.2) is 12.3 Å². The van der Waals surface area contributed by atoms with Crippen LogP contribution in [0.15, 0.2) is 36.8 Å². The molecule has 0 unspecified atom stereocenters. The number of nitrogens with one attached hydrogen (secondary N) is 1. The maximum Gasteiger partial charge on any atom is 0.359 e. The number of hydrogen-bond acceptors (Lipinski definition) is 5. The molecule has 112 valence electrons. The molecule has 0 bridgehead atoms. The zero-order chi connectivity index (χ0) is 15.4. The van der Waals surface area contributed by atoms with E-state index in [0.717, 1.165) is 24.9 Å². The highest BCUT2D eigenvalue weighted by molar-refractivity contribution is 5.94. The largest absolute Gasteiger partial charge is 0.451 e. The van der Waals surface area contributed by atoms with Crippen molar-refractivity contribution < 1.29 is 14.3 Å². The van der Waals surface area contributed by atoms with E-state index in [0.29, 0.717) is 0 Å². The van der Waals surface area contributed by atoms with Crippen LogP contribution in [0.3, 0.4) is 0 Å². The molecule has 0 spiro atoms. The van der Waals surface area contributed by atoms with Gasteiger partial charge in [0.2, 0.25) is 0 Å². The number of rotatable bonds is 4. The van der Waals surface area contributed by atoms with E-state index in [1.54, 1.807) is 0 Å². The van der Waals surface area contributed by atoms with Crippen molar-refractivity contribution in [3.63, 3.8) is 0 Å². The summed E-state index contributed by atoms with van der Waals surface area (Å²) >= 11 is 0. The molecule has 1 aliphatic rings. The second-order valence-electron chi connectivity index (χ2n) is 5.05.